The Morgan fingerprint density at radius 2 is 1.64 bits per heavy atom. The summed E-state index contributed by atoms with van der Waals surface area (Å²) in [7, 11) is 3.01. The van der Waals surface area contributed by atoms with Crippen LogP contribution in [0.2, 0.25) is 0 Å². The fourth-order valence-corrected chi connectivity index (χ4v) is 5.52. The van der Waals surface area contributed by atoms with Crippen LogP contribution in [0.5, 0.6) is 0 Å². The maximum atomic E-state index is 13.8. The molecule has 0 bridgehead atoms. The molecule has 0 radical (unpaired) electrons. The second kappa shape index (κ2) is 16.4. The van der Waals surface area contributed by atoms with E-state index in [9.17, 15) is 19.2 Å². The molecule has 1 aliphatic heterocycles. The fraction of sp³-hybridized carbons (Fsp3) is 0.636. The van der Waals surface area contributed by atoms with Gasteiger partial charge >= 0.3 is 5.97 Å². The number of hydrogen-bond acceptors (Lipinski definition) is 6. The van der Waals surface area contributed by atoms with E-state index in [1.165, 1.54) is 7.11 Å². The van der Waals surface area contributed by atoms with Crippen molar-refractivity contribution in [3.8, 4) is 0 Å². The first-order valence-corrected chi connectivity index (χ1v) is 15.2. The van der Waals surface area contributed by atoms with E-state index < -0.39 is 30.0 Å². The van der Waals surface area contributed by atoms with Crippen LogP contribution in [-0.2, 0) is 30.3 Å². The number of nitrogens with zero attached hydrogens (tertiary/aromatic N) is 2. The van der Waals surface area contributed by atoms with Crippen molar-refractivity contribution < 1.29 is 23.9 Å². The average molecular weight is 585 g/mol. The number of carbonyl (C=O) groups is 4. The molecular weight excluding hydrogens is 532 g/mol. The predicted octanol–water partition coefficient (Wildman–Crippen LogP) is 3.72. The molecule has 1 aromatic rings. The summed E-state index contributed by atoms with van der Waals surface area (Å²) in [5, 5.41) is 5.86. The average Bonchev–Trinajstić information content (AvgIpc) is 2.96. The van der Waals surface area contributed by atoms with Gasteiger partial charge in [-0.05, 0) is 57.6 Å². The van der Waals surface area contributed by atoms with E-state index in [0.29, 0.717) is 12.0 Å². The van der Waals surface area contributed by atoms with Gasteiger partial charge in [0.1, 0.15) is 12.1 Å². The van der Waals surface area contributed by atoms with Gasteiger partial charge in [-0.15, -0.1) is 0 Å². The topological polar surface area (TPSA) is 108 Å². The molecule has 1 unspecified atom stereocenters. The Balaban J connectivity index is 2.20. The minimum absolute atomic E-state index is 0.0132. The molecule has 0 aliphatic carbocycles. The van der Waals surface area contributed by atoms with Gasteiger partial charge in [-0.1, -0.05) is 70.5 Å². The van der Waals surface area contributed by atoms with Crippen LogP contribution in [0.25, 0.3) is 0 Å². The molecule has 0 saturated carbocycles. The van der Waals surface area contributed by atoms with E-state index in [1.54, 1.807) is 24.9 Å². The fourth-order valence-electron chi connectivity index (χ4n) is 5.52. The summed E-state index contributed by atoms with van der Waals surface area (Å²) in [6.07, 6.45) is 4.89. The van der Waals surface area contributed by atoms with Crippen LogP contribution >= 0.6 is 0 Å². The molecule has 2 rings (SSSR count). The Morgan fingerprint density at radius 3 is 2.19 bits per heavy atom. The second-order valence-electron chi connectivity index (χ2n) is 12.3. The van der Waals surface area contributed by atoms with E-state index in [0.717, 1.165) is 31.4 Å². The number of esters is 1. The monoisotopic (exact) mass is 584 g/mol. The molecule has 1 heterocycles. The number of piperidine rings is 1. The molecule has 42 heavy (non-hydrogen) atoms. The highest BCUT2D eigenvalue weighted by molar-refractivity contribution is 5.96. The summed E-state index contributed by atoms with van der Waals surface area (Å²) in [5.41, 5.74) is 1.28. The Hall–Kier alpha value is -3.20. The Bertz CT molecular complexity index is 1090. The van der Waals surface area contributed by atoms with E-state index in [1.807, 2.05) is 58.0 Å². The van der Waals surface area contributed by atoms with Crippen LogP contribution in [-0.4, -0.2) is 84.4 Å². The highest BCUT2D eigenvalue weighted by Crippen LogP contribution is 2.21. The molecule has 9 nitrogen and oxygen atoms in total. The van der Waals surface area contributed by atoms with E-state index >= 15 is 0 Å². The lowest BCUT2D eigenvalue weighted by Gasteiger charge is -2.39. The van der Waals surface area contributed by atoms with E-state index in [2.05, 4.69) is 29.4 Å². The molecular formula is C33H52N4O5. The normalized spacial score (nSPS) is 18.4. The van der Waals surface area contributed by atoms with Crippen LogP contribution in [0.15, 0.2) is 42.0 Å². The van der Waals surface area contributed by atoms with Gasteiger partial charge in [0, 0.05) is 25.1 Å². The largest absolute Gasteiger partial charge is 0.467 e. The summed E-state index contributed by atoms with van der Waals surface area (Å²) >= 11 is 0. The predicted molar refractivity (Wildman–Crippen MR) is 165 cm³/mol. The van der Waals surface area contributed by atoms with E-state index in [4.69, 9.17) is 4.74 Å². The van der Waals surface area contributed by atoms with Crippen molar-refractivity contribution in [3.05, 3.63) is 47.5 Å². The maximum Gasteiger partial charge on any atom is 0.328 e. The molecule has 3 amide bonds. The Morgan fingerprint density at radius 1 is 1.00 bits per heavy atom. The number of benzene rings is 1. The minimum atomic E-state index is -0.851. The molecule has 1 fully saturated rings. The molecule has 0 spiro atoms. The van der Waals surface area contributed by atoms with Crippen LogP contribution < -0.4 is 10.6 Å². The Kier molecular flexibility index (Phi) is 13.7. The number of likely N-dealkylation sites (N-methyl/N-ethyl adjacent to an activating group) is 1. The zero-order valence-corrected chi connectivity index (χ0v) is 27.0. The lowest BCUT2D eigenvalue weighted by molar-refractivity contribution is -0.144. The van der Waals surface area contributed by atoms with Gasteiger partial charge in [0.25, 0.3) is 0 Å². The minimum Gasteiger partial charge on any atom is -0.467 e. The summed E-state index contributed by atoms with van der Waals surface area (Å²) in [6.45, 7) is 14.6. The summed E-state index contributed by atoms with van der Waals surface area (Å²) in [4.78, 5) is 56.7. The SMILES string of the molecule is COC(=O)[C@H](Cc1ccccc1)NC(=O)/C(C)=C/C(C(C)C)N(C)C(=O)[C@@H](NC(=O)[C@H]1CCCCN1C(C)C)C(C)C. The smallest absolute Gasteiger partial charge is 0.328 e. The second-order valence-corrected chi connectivity index (χ2v) is 12.3. The number of nitrogens with one attached hydrogen (secondary N) is 2. The van der Waals surface area contributed by atoms with Crippen molar-refractivity contribution >= 4 is 23.7 Å². The van der Waals surface area contributed by atoms with Crippen LogP contribution in [0, 0.1) is 11.8 Å². The third-order valence-electron chi connectivity index (χ3n) is 8.07. The van der Waals surface area contributed by atoms with E-state index in [-0.39, 0.29) is 35.7 Å². The van der Waals surface area contributed by atoms with Crippen molar-refractivity contribution in [2.45, 2.75) is 104 Å². The summed E-state index contributed by atoms with van der Waals surface area (Å²) in [6, 6.07) is 7.45. The third-order valence-corrected chi connectivity index (χ3v) is 8.07. The van der Waals surface area contributed by atoms with Gasteiger partial charge in [0.05, 0.1) is 19.2 Å². The van der Waals surface area contributed by atoms with Crippen LogP contribution in [0.1, 0.15) is 73.3 Å². The molecule has 234 valence electrons. The zero-order valence-electron chi connectivity index (χ0n) is 27.0. The lowest BCUT2D eigenvalue weighted by atomic mass is 9.95. The number of likely N-dealkylation sites (tertiary alicyclic amines) is 1. The highest BCUT2D eigenvalue weighted by atomic mass is 16.5. The third kappa shape index (κ3) is 9.68. The molecule has 0 aromatic heterocycles. The van der Waals surface area contributed by atoms with Gasteiger partial charge < -0.3 is 20.3 Å². The summed E-state index contributed by atoms with van der Waals surface area (Å²) < 4.78 is 4.93. The van der Waals surface area contributed by atoms with Gasteiger partial charge in [0.15, 0.2) is 0 Å². The molecule has 1 aliphatic rings. The van der Waals surface area contributed by atoms with Crippen LogP contribution in [0.3, 0.4) is 0 Å². The standard InChI is InChI=1S/C33H52N4O5/c1-21(2)28(19-24(7)30(38)34-26(33(41)42-9)20-25-15-11-10-12-16-25)36(8)32(40)29(22(3)4)35-31(39)27-17-13-14-18-37(27)23(5)6/h10-12,15-16,19,21-23,26-29H,13-14,17-18,20H2,1-9H3,(H,34,38)(H,35,39)/b24-19+/t26-,27+,28?,29-/m0/s1. The number of carbonyl (C=O) groups excluding carboxylic acids is 4. The highest BCUT2D eigenvalue weighted by Gasteiger charge is 2.36. The first-order chi connectivity index (χ1) is 19.8. The maximum absolute atomic E-state index is 13.8. The first kappa shape index (κ1) is 35.0. The Labute approximate surface area is 252 Å². The van der Waals surface area contributed by atoms with Gasteiger partial charge in [-0.25, -0.2) is 4.79 Å². The molecule has 4 atom stereocenters. The van der Waals surface area contributed by atoms with Gasteiger partial charge in [-0.2, -0.15) is 0 Å². The van der Waals surface area contributed by atoms with Crippen molar-refractivity contribution in [2.24, 2.45) is 11.8 Å². The zero-order chi connectivity index (χ0) is 31.6. The number of rotatable bonds is 13. The van der Waals surface area contributed by atoms with Crippen LogP contribution in [0.4, 0.5) is 0 Å². The van der Waals surface area contributed by atoms with Crippen molar-refractivity contribution in [1.29, 1.82) is 0 Å². The first-order valence-electron chi connectivity index (χ1n) is 15.2. The lowest BCUT2D eigenvalue weighted by Crippen LogP contribution is -2.58. The number of amides is 3. The number of methoxy groups -OCH3 is 1. The molecule has 2 N–H and O–H groups in total. The molecule has 9 heteroatoms. The van der Waals surface area contributed by atoms with Crippen molar-refractivity contribution in [1.82, 2.24) is 20.4 Å². The summed E-state index contributed by atoms with van der Waals surface area (Å²) in [5.74, 6) is -1.39. The van der Waals surface area contributed by atoms with Gasteiger partial charge in [-0.3, -0.25) is 19.3 Å². The number of hydrogen-bond donors (Lipinski definition) is 2. The van der Waals surface area contributed by atoms with Crippen molar-refractivity contribution in [3.63, 3.8) is 0 Å². The molecule has 1 aromatic carbocycles. The van der Waals surface area contributed by atoms with Gasteiger partial charge in [0.2, 0.25) is 17.7 Å². The number of ether oxygens (including phenoxy) is 1. The van der Waals surface area contributed by atoms with Crippen molar-refractivity contribution in [2.75, 3.05) is 20.7 Å². The quantitative estimate of drug-likeness (QED) is 0.270. The molecule has 1 saturated heterocycles.